The Morgan fingerprint density at radius 3 is 2.24 bits per heavy atom. The van der Waals surface area contributed by atoms with E-state index in [0.29, 0.717) is 11.0 Å². The van der Waals surface area contributed by atoms with Crippen LogP contribution in [0.4, 0.5) is 0 Å². The normalized spacial score (nSPS) is 28.4. The minimum Gasteiger partial charge on any atom is -0.329 e. The van der Waals surface area contributed by atoms with E-state index in [2.05, 4.69) is 30.5 Å². The van der Waals surface area contributed by atoms with Crippen molar-refractivity contribution in [1.82, 2.24) is 4.90 Å². The Kier molecular flexibility index (Phi) is 4.43. The van der Waals surface area contributed by atoms with E-state index in [9.17, 15) is 0 Å². The molecule has 2 fully saturated rings. The molecule has 17 heavy (non-hydrogen) atoms. The number of hydrogen-bond acceptors (Lipinski definition) is 3. The first-order valence-electron chi connectivity index (χ1n) is 7.23. The van der Waals surface area contributed by atoms with Crippen molar-refractivity contribution in [3.63, 3.8) is 0 Å². The number of rotatable bonds is 4. The molecule has 0 aliphatic carbocycles. The van der Waals surface area contributed by atoms with Gasteiger partial charge in [-0.15, -0.1) is 0 Å². The molecule has 2 aliphatic rings. The van der Waals surface area contributed by atoms with Gasteiger partial charge in [0.2, 0.25) is 0 Å². The molecule has 0 radical (unpaired) electrons. The van der Waals surface area contributed by atoms with E-state index in [4.69, 9.17) is 5.73 Å². The van der Waals surface area contributed by atoms with Crippen molar-refractivity contribution >= 4 is 11.8 Å². The van der Waals surface area contributed by atoms with Crippen molar-refractivity contribution in [2.45, 2.75) is 51.5 Å². The van der Waals surface area contributed by atoms with E-state index >= 15 is 0 Å². The van der Waals surface area contributed by atoms with Crippen LogP contribution in [0.15, 0.2) is 0 Å². The molecular weight excluding hydrogens is 228 g/mol. The van der Waals surface area contributed by atoms with Crippen LogP contribution in [0.25, 0.3) is 0 Å². The van der Waals surface area contributed by atoms with Gasteiger partial charge in [-0.25, -0.2) is 0 Å². The highest BCUT2D eigenvalue weighted by Crippen LogP contribution is 2.43. The third-order valence-corrected chi connectivity index (χ3v) is 6.40. The maximum Gasteiger partial charge on any atom is 0.0347 e. The van der Waals surface area contributed by atoms with Crippen LogP contribution < -0.4 is 5.73 Å². The van der Waals surface area contributed by atoms with Gasteiger partial charge >= 0.3 is 0 Å². The largest absolute Gasteiger partial charge is 0.329 e. The molecule has 2 rings (SSSR count). The van der Waals surface area contributed by atoms with Crippen LogP contribution in [-0.4, -0.2) is 41.6 Å². The highest BCUT2D eigenvalue weighted by Gasteiger charge is 2.44. The van der Waals surface area contributed by atoms with Gasteiger partial charge < -0.3 is 5.73 Å². The summed E-state index contributed by atoms with van der Waals surface area (Å²) in [6.45, 7) is 8.15. The van der Waals surface area contributed by atoms with E-state index in [1.807, 2.05) is 0 Å². The Balaban J connectivity index is 2.07. The standard InChI is InChI=1S/C14H28N2S/c1-3-13(4-2)5-8-16(12-13)14(11-15)6-9-17-10-7-14/h3-12,15H2,1-2H3. The van der Waals surface area contributed by atoms with Gasteiger partial charge in [0, 0.05) is 18.6 Å². The molecule has 3 heteroatoms. The van der Waals surface area contributed by atoms with Crippen LogP contribution >= 0.6 is 11.8 Å². The quantitative estimate of drug-likeness (QED) is 0.838. The average Bonchev–Trinajstić information content (AvgIpc) is 2.85. The Hall–Kier alpha value is 0.270. The topological polar surface area (TPSA) is 29.3 Å². The smallest absolute Gasteiger partial charge is 0.0347 e. The van der Waals surface area contributed by atoms with Crippen molar-refractivity contribution in [2.75, 3.05) is 31.1 Å². The minimum absolute atomic E-state index is 0.345. The Bertz CT molecular complexity index is 245. The molecule has 0 aromatic rings. The van der Waals surface area contributed by atoms with Crippen LogP contribution in [-0.2, 0) is 0 Å². The molecule has 0 bridgehead atoms. The van der Waals surface area contributed by atoms with Gasteiger partial charge in [0.1, 0.15) is 0 Å². The van der Waals surface area contributed by atoms with Gasteiger partial charge in [0.05, 0.1) is 0 Å². The zero-order valence-electron chi connectivity index (χ0n) is 11.5. The molecule has 100 valence electrons. The highest BCUT2D eigenvalue weighted by atomic mass is 32.2. The SMILES string of the molecule is CCC1(CC)CCN(C2(CN)CCSCC2)C1. The van der Waals surface area contributed by atoms with Crippen LogP contribution in [0, 0.1) is 5.41 Å². The van der Waals surface area contributed by atoms with Crippen molar-refractivity contribution < 1.29 is 0 Å². The summed E-state index contributed by atoms with van der Waals surface area (Å²) < 4.78 is 0. The van der Waals surface area contributed by atoms with Gasteiger partial charge in [0.15, 0.2) is 0 Å². The molecular formula is C14H28N2S. The zero-order valence-corrected chi connectivity index (χ0v) is 12.3. The lowest BCUT2D eigenvalue weighted by Crippen LogP contribution is -2.55. The van der Waals surface area contributed by atoms with Crippen LogP contribution in [0.5, 0.6) is 0 Å². The van der Waals surface area contributed by atoms with E-state index in [-0.39, 0.29) is 0 Å². The van der Waals surface area contributed by atoms with E-state index in [1.54, 1.807) is 0 Å². The van der Waals surface area contributed by atoms with Crippen molar-refractivity contribution in [3.05, 3.63) is 0 Å². The highest BCUT2D eigenvalue weighted by molar-refractivity contribution is 7.99. The number of hydrogen-bond donors (Lipinski definition) is 1. The lowest BCUT2D eigenvalue weighted by molar-refractivity contribution is 0.0940. The van der Waals surface area contributed by atoms with Gasteiger partial charge in [-0.05, 0) is 55.6 Å². The Morgan fingerprint density at radius 2 is 1.76 bits per heavy atom. The summed E-state index contributed by atoms with van der Waals surface area (Å²) in [6, 6.07) is 0. The van der Waals surface area contributed by atoms with Gasteiger partial charge in [-0.1, -0.05) is 13.8 Å². The molecule has 0 aromatic carbocycles. The first-order valence-corrected chi connectivity index (χ1v) is 8.39. The lowest BCUT2D eigenvalue weighted by Gasteiger charge is -2.44. The third kappa shape index (κ3) is 2.52. The number of nitrogens with zero attached hydrogens (tertiary/aromatic N) is 1. The fourth-order valence-corrected chi connectivity index (χ4v) is 4.82. The number of nitrogens with two attached hydrogens (primary N) is 1. The second-order valence-electron chi connectivity index (χ2n) is 5.92. The van der Waals surface area contributed by atoms with Crippen LogP contribution in [0.1, 0.15) is 46.0 Å². The lowest BCUT2D eigenvalue weighted by atomic mass is 9.81. The summed E-state index contributed by atoms with van der Waals surface area (Å²) in [6.07, 6.45) is 6.65. The molecule has 0 atom stereocenters. The molecule has 0 unspecified atom stereocenters. The van der Waals surface area contributed by atoms with Crippen molar-refractivity contribution in [3.8, 4) is 0 Å². The molecule has 2 nitrogen and oxygen atoms in total. The molecule has 0 spiro atoms. The first kappa shape index (κ1) is 13.7. The van der Waals surface area contributed by atoms with Gasteiger partial charge in [-0.3, -0.25) is 4.90 Å². The number of thioether (sulfide) groups is 1. The van der Waals surface area contributed by atoms with E-state index in [0.717, 1.165) is 6.54 Å². The predicted molar refractivity (Wildman–Crippen MR) is 77.5 cm³/mol. The van der Waals surface area contributed by atoms with E-state index in [1.165, 1.54) is 56.7 Å². The summed E-state index contributed by atoms with van der Waals surface area (Å²) in [5.74, 6) is 2.61. The Labute approximate surface area is 111 Å². The van der Waals surface area contributed by atoms with Crippen molar-refractivity contribution in [1.29, 1.82) is 0 Å². The summed E-state index contributed by atoms with van der Waals surface area (Å²) >= 11 is 2.10. The molecule has 2 aliphatic heterocycles. The average molecular weight is 256 g/mol. The third-order valence-electron chi connectivity index (χ3n) is 5.41. The fraction of sp³-hybridized carbons (Fsp3) is 1.00. The van der Waals surface area contributed by atoms with Crippen LogP contribution in [0.2, 0.25) is 0 Å². The second-order valence-corrected chi connectivity index (χ2v) is 7.14. The molecule has 2 heterocycles. The Morgan fingerprint density at radius 1 is 1.12 bits per heavy atom. The fourth-order valence-electron chi connectivity index (χ4n) is 3.57. The molecule has 0 aromatic heterocycles. The maximum atomic E-state index is 6.14. The first-order chi connectivity index (χ1) is 8.20. The molecule has 0 amide bonds. The second kappa shape index (κ2) is 5.50. The van der Waals surface area contributed by atoms with Crippen molar-refractivity contribution in [2.24, 2.45) is 11.1 Å². The molecule has 0 saturated carbocycles. The van der Waals surface area contributed by atoms with E-state index < -0.39 is 0 Å². The summed E-state index contributed by atoms with van der Waals surface area (Å²) in [7, 11) is 0. The monoisotopic (exact) mass is 256 g/mol. The number of likely N-dealkylation sites (tertiary alicyclic amines) is 1. The van der Waals surface area contributed by atoms with Gasteiger partial charge in [-0.2, -0.15) is 11.8 Å². The zero-order chi connectivity index (χ0) is 12.4. The summed E-state index contributed by atoms with van der Waals surface area (Å²) in [5.41, 5.74) is 7.07. The predicted octanol–water partition coefficient (Wildman–Crippen LogP) is 2.72. The molecule has 2 N–H and O–H groups in total. The van der Waals surface area contributed by atoms with Gasteiger partial charge in [0.25, 0.3) is 0 Å². The maximum absolute atomic E-state index is 6.14. The summed E-state index contributed by atoms with van der Waals surface area (Å²) in [5, 5.41) is 0. The summed E-state index contributed by atoms with van der Waals surface area (Å²) in [4.78, 5) is 2.75. The molecule has 2 saturated heterocycles. The van der Waals surface area contributed by atoms with Crippen LogP contribution in [0.3, 0.4) is 0 Å². The minimum atomic E-state index is 0.345.